The van der Waals surface area contributed by atoms with Crippen molar-refractivity contribution in [1.29, 1.82) is 0 Å². The number of esters is 2. The van der Waals surface area contributed by atoms with E-state index in [4.69, 9.17) is 42.1 Å². The second-order valence-electron chi connectivity index (χ2n) is 6.23. The Labute approximate surface area is 183 Å². The molecular formula is C22H20Cl2O6. The van der Waals surface area contributed by atoms with Crippen LogP contribution >= 0.6 is 23.2 Å². The lowest BCUT2D eigenvalue weighted by Gasteiger charge is -2.18. The van der Waals surface area contributed by atoms with E-state index in [1.807, 2.05) is 0 Å². The Morgan fingerprint density at radius 2 is 1.10 bits per heavy atom. The zero-order valence-electron chi connectivity index (χ0n) is 16.5. The summed E-state index contributed by atoms with van der Waals surface area (Å²) in [4.78, 5) is 23.7. The van der Waals surface area contributed by atoms with Crippen LogP contribution in [0.15, 0.2) is 36.4 Å². The lowest BCUT2D eigenvalue weighted by atomic mass is 10.0. The van der Waals surface area contributed by atoms with Gasteiger partial charge < -0.3 is 18.9 Å². The molecule has 0 amide bonds. The van der Waals surface area contributed by atoms with E-state index >= 15 is 0 Å². The lowest BCUT2D eigenvalue weighted by Crippen LogP contribution is -2.16. The van der Waals surface area contributed by atoms with Crippen molar-refractivity contribution in [2.75, 3.05) is 26.4 Å². The fourth-order valence-electron chi connectivity index (χ4n) is 3.07. The average Bonchev–Trinajstić information content (AvgIpc) is 2.71. The monoisotopic (exact) mass is 450 g/mol. The molecule has 0 N–H and O–H groups in total. The smallest absolute Gasteiger partial charge is 0.344 e. The maximum Gasteiger partial charge on any atom is 0.344 e. The first-order valence-corrected chi connectivity index (χ1v) is 10.1. The number of rotatable bonds is 8. The normalized spacial score (nSPS) is 10.8. The zero-order valence-corrected chi connectivity index (χ0v) is 18.0. The molecule has 0 aliphatic carbocycles. The van der Waals surface area contributed by atoms with Gasteiger partial charge in [0.05, 0.1) is 13.2 Å². The minimum Gasteiger partial charge on any atom is -0.481 e. The maximum atomic E-state index is 11.9. The molecule has 0 fully saturated rings. The number of ether oxygens (including phenoxy) is 4. The van der Waals surface area contributed by atoms with Crippen LogP contribution in [-0.4, -0.2) is 38.4 Å². The van der Waals surface area contributed by atoms with Crippen LogP contribution in [0.25, 0.3) is 21.5 Å². The largest absolute Gasteiger partial charge is 0.481 e. The SMILES string of the molecule is CCOC(=O)COc1c2ccc(Cl)cc2c(OCC(=O)OCC)c2cc(Cl)ccc12. The van der Waals surface area contributed by atoms with Gasteiger partial charge in [0.15, 0.2) is 13.2 Å². The van der Waals surface area contributed by atoms with E-state index in [0.717, 1.165) is 0 Å². The van der Waals surface area contributed by atoms with Crippen LogP contribution in [0.3, 0.4) is 0 Å². The van der Waals surface area contributed by atoms with Gasteiger partial charge in [-0.05, 0) is 50.2 Å². The molecular weight excluding hydrogens is 431 g/mol. The van der Waals surface area contributed by atoms with Crippen molar-refractivity contribution in [3.05, 3.63) is 46.4 Å². The molecule has 0 saturated carbocycles. The molecule has 0 heterocycles. The van der Waals surface area contributed by atoms with E-state index in [-0.39, 0.29) is 26.4 Å². The highest BCUT2D eigenvalue weighted by atomic mass is 35.5. The van der Waals surface area contributed by atoms with E-state index in [2.05, 4.69) is 0 Å². The van der Waals surface area contributed by atoms with Crippen LogP contribution in [-0.2, 0) is 19.1 Å². The Morgan fingerprint density at radius 3 is 1.50 bits per heavy atom. The molecule has 158 valence electrons. The highest BCUT2D eigenvalue weighted by molar-refractivity contribution is 6.33. The fraction of sp³-hybridized carbons (Fsp3) is 0.273. The van der Waals surface area contributed by atoms with Gasteiger partial charge in [-0.1, -0.05) is 23.2 Å². The van der Waals surface area contributed by atoms with Crippen molar-refractivity contribution in [3.8, 4) is 11.5 Å². The molecule has 0 atom stereocenters. The number of fused-ring (bicyclic) bond motifs is 2. The van der Waals surface area contributed by atoms with E-state index in [9.17, 15) is 9.59 Å². The van der Waals surface area contributed by atoms with E-state index in [1.54, 1.807) is 50.2 Å². The Morgan fingerprint density at radius 1 is 0.700 bits per heavy atom. The lowest BCUT2D eigenvalue weighted by molar-refractivity contribution is -0.146. The van der Waals surface area contributed by atoms with Crippen molar-refractivity contribution < 1.29 is 28.5 Å². The van der Waals surface area contributed by atoms with Crippen LogP contribution in [0.2, 0.25) is 10.0 Å². The predicted molar refractivity (Wildman–Crippen MR) is 116 cm³/mol. The molecule has 8 heteroatoms. The molecule has 0 aliphatic heterocycles. The second-order valence-corrected chi connectivity index (χ2v) is 7.10. The van der Waals surface area contributed by atoms with Crippen LogP contribution in [0.4, 0.5) is 0 Å². The van der Waals surface area contributed by atoms with E-state index < -0.39 is 11.9 Å². The second kappa shape index (κ2) is 9.87. The summed E-state index contributed by atoms with van der Waals surface area (Å²) in [6, 6.07) is 10.4. The molecule has 3 aromatic rings. The minimum atomic E-state index is -0.495. The number of hydrogen-bond acceptors (Lipinski definition) is 6. The Hall–Kier alpha value is -2.70. The summed E-state index contributed by atoms with van der Waals surface area (Å²) in [6.07, 6.45) is 0. The molecule has 0 aromatic heterocycles. The predicted octanol–water partition coefficient (Wildman–Crippen LogP) is 5.18. The Balaban J connectivity index is 2.17. The molecule has 0 aliphatic rings. The standard InChI is InChI=1S/C22H20Cl2O6/c1-3-27-19(25)11-29-21-15-7-5-13(23)9-17(15)22(30-12-20(26)28-4-2)18-10-14(24)6-8-16(18)21/h5-10H,3-4,11-12H2,1-2H3. The topological polar surface area (TPSA) is 71.1 Å². The highest BCUT2D eigenvalue weighted by Crippen LogP contribution is 2.44. The maximum absolute atomic E-state index is 11.9. The summed E-state index contributed by atoms with van der Waals surface area (Å²) in [6.45, 7) is 3.42. The molecule has 0 spiro atoms. The van der Waals surface area contributed by atoms with Crippen molar-refractivity contribution in [3.63, 3.8) is 0 Å². The molecule has 30 heavy (non-hydrogen) atoms. The molecule has 3 rings (SSSR count). The quantitative estimate of drug-likeness (QED) is 0.347. The number of hydrogen-bond donors (Lipinski definition) is 0. The van der Waals surface area contributed by atoms with Crippen LogP contribution in [0.1, 0.15) is 13.8 Å². The van der Waals surface area contributed by atoms with Crippen molar-refractivity contribution >= 4 is 56.7 Å². The molecule has 0 bridgehead atoms. The number of benzene rings is 3. The zero-order chi connectivity index (χ0) is 21.7. The van der Waals surface area contributed by atoms with Crippen molar-refractivity contribution in [1.82, 2.24) is 0 Å². The summed E-state index contributed by atoms with van der Waals surface area (Å²) in [5.74, 6) is -0.0960. The third kappa shape index (κ3) is 4.89. The van der Waals surface area contributed by atoms with Gasteiger partial charge in [-0.15, -0.1) is 0 Å². The van der Waals surface area contributed by atoms with Crippen molar-refractivity contribution in [2.45, 2.75) is 13.8 Å². The summed E-state index contributed by atoms with van der Waals surface area (Å²) >= 11 is 12.4. The van der Waals surface area contributed by atoms with Gasteiger partial charge in [-0.3, -0.25) is 0 Å². The van der Waals surface area contributed by atoms with Gasteiger partial charge in [0.1, 0.15) is 11.5 Å². The average molecular weight is 451 g/mol. The van der Waals surface area contributed by atoms with Gasteiger partial charge in [0, 0.05) is 31.6 Å². The highest BCUT2D eigenvalue weighted by Gasteiger charge is 2.19. The van der Waals surface area contributed by atoms with Gasteiger partial charge in [-0.2, -0.15) is 0 Å². The summed E-state index contributed by atoms with van der Waals surface area (Å²) in [7, 11) is 0. The molecule has 3 aromatic carbocycles. The van der Waals surface area contributed by atoms with Crippen molar-refractivity contribution in [2.24, 2.45) is 0 Å². The van der Waals surface area contributed by atoms with Crippen LogP contribution in [0.5, 0.6) is 11.5 Å². The molecule has 6 nitrogen and oxygen atoms in total. The number of halogens is 2. The van der Waals surface area contributed by atoms with Crippen LogP contribution in [0, 0.1) is 0 Å². The Bertz CT molecular complexity index is 1030. The van der Waals surface area contributed by atoms with E-state index in [1.165, 1.54) is 0 Å². The van der Waals surface area contributed by atoms with Gasteiger partial charge in [0.2, 0.25) is 0 Å². The van der Waals surface area contributed by atoms with Gasteiger partial charge >= 0.3 is 11.9 Å². The van der Waals surface area contributed by atoms with Gasteiger partial charge in [-0.25, -0.2) is 9.59 Å². The Kier molecular flexibility index (Phi) is 7.24. The van der Waals surface area contributed by atoms with E-state index in [0.29, 0.717) is 43.1 Å². The third-order valence-electron chi connectivity index (χ3n) is 4.22. The fourth-order valence-corrected chi connectivity index (χ4v) is 3.42. The summed E-state index contributed by atoms with van der Waals surface area (Å²) < 4.78 is 21.6. The molecule has 0 saturated heterocycles. The minimum absolute atomic E-state index is 0.252. The third-order valence-corrected chi connectivity index (χ3v) is 4.69. The first kappa shape index (κ1) is 22.0. The van der Waals surface area contributed by atoms with Gasteiger partial charge in [0.25, 0.3) is 0 Å². The number of carbonyl (C=O) groups is 2. The first-order valence-electron chi connectivity index (χ1n) is 9.35. The summed E-state index contributed by atoms with van der Waals surface area (Å²) in [5.41, 5.74) is 0. The van der Waals surface area contributed by atoms with Crippen LogP contribution < -0.4 is 9.47 Å². The molecule has 0 unspecified atom stereocenters. The number of carbonyl (C=O) groups excluding carboxylic acids is 2. The first-order chi connectivity index (χ1) is 14.4. The molecule has 0 radical (unpaired) electrons. The summed E-state index contributed by atoms with van der Waals surface area (Å²) in [5, 5.41) is 3.50.